The van der Waals surface area contributed by atoms with Crippen LogP contribution in [0.3, 0.4) is 0 Å². The van der Waals surface area contributed by atoms with Crippen LogP contribution in [0.2, 0.25) is 0 Å². The molecule has 0 radical (unpaired) electrons. The first-order chi connectivity index (χ1) is 6.56. The molecular formula is C10H10FNO2. The fourth-order valence-electron chi connectivity index (χ4n) is 1.11. The number of hydrogen-bond donors (Lipinski definition) is 2. The van der Waals surface area contributed by atoms with Crippen LogP contribution >= 0.6 is 0 Å². The summed E-state index contributed by atoms with van der Waals surface area (Å²) in [4.78, 5) is 0. The fraction of sp³-hybridized carbons (Fsp3) is 0.300. The molecule has 0 aliphatic rings. The first-order valence-electron chi connectivity index (χ1n) is 4.08. The van der Waals surface area contributed by atoms with Crippen LogP contribution in [0.4, 0.5) is 4.39 Å². The Morgan fingerprint density at radius 3 is 2.57 bits per heavy atom. The number of benzene rings is 1. The predicted molar refractivity (Wildman–Crippen MR) is 47.7 cm³/mol. The van der Waals surface area contributed by atoms with Gasteiger partial charge in [-0.3, -0.25) is 0 Å². The lowest BCUT2D eigenvalue weighted by Gasteiger charge is -2.12. The highest BCUT2D eigenvalue weighted by Crippen LogP contribution is 2.20. The van der Waals surface area contributed by atoms with E-state index in [1.54, 1.807) is 13.0 Å². The molecule has 3 nitrogen and oxygen atoms in total. The Morgan fingerprint density at radius 1 is 1.43 bits per heavy atom. The molecule has 1 aromatic rings. The molecule has 0 bridgehead atoms. The molecule has 0 saturated heterocycles. The van der Waals surface area contributed by atoms with E-state index >= 15 is 0 Å². The van der Waals surface area contributed by atoms with Crippen molar-refractivity contribution in [3.63, 3.8) is 0 Å². The number of rotatable bonds is 2. The van der Waals surface area contributed by atoms with Crippen molar-refractivity contribution in [3.8, 4) is 6.07 Å². The van der Waals surface area contributed by atoms with Gasteiger partial charge in [0, 0.05) is 5.56 Å². The molecule has 0 aliphatic heterocycles. The molecule has 0 heterocycles. The van der Waals surface area contributed by atoms with Crippen molar-refractivity contribution in [2.75, 3.05) is 0 Å². The summed E-state index contributed by atoms with van der Waals surface area (Å²) in [5.41, 5.74) is 0.648. The zero-order chi connectivity index (χ0) is 10.7. The Labute approximate surface area is 81.0 Å². The first kappa shape index (κ1) is 10.6. The predicted octanol–water partition coefficient (Wildman–Crippen LogP) is 1.05. The largest absolute Gasteiger partial charge is 0.384 e. The third-order valence-corrected chi connectivity index (χ3v) is 1.91. The number of aryl methyl sites for hydroxylation is 1. The Hall–Kier alpha value is -1.44. The monoisotopic (exact) mass is 195 g/mol. The van der Waals surface area contributed by atoms with E-state index in [0.29, 0.717) is 5.56 Å². The number of aliphatic hydroxyl groups excluding tert-OH is 2. The highest BCUT2D eigenvalue weighted by atomic mass is 19.1. The quantitative estimate of drug-likeness (QED) is 0.693. The van der Waals surface area contributed by atoms with Crippen molar-refractivity contribution in [2.24, 2.45) is 0 Å². The smallest absolute Gasteiger partial charge is 0.170 e. The minimum absolute atomic E-state index is 0.0651. The molecular weight excluding hydrogens is 185 g/mol. The zero-order valence-corrected chi connectivity index (χ0v) is 7.61. The number of halogens is 1. The highest BCUT2D eigenvalue weighted by molar-refractivity contribution is 5.26. The topological polar surface area (TPSA) is 64.2 Å². The van der Waals surface area contributed by atoms with Crippen LogP contribution in [0.15, 0.2) is 18.2 Å². The van der Waals surface area contributed by atoms with Crippen molar-refractivity contribution in [3.05, 3.63) is 35.1 Å². The van der Waals surface area contributed by atoms with Crippen LogP contribution in [-0.2, 0) is 0 Å². The van der Waals surface area contributed by atoms with E-state index in [-0.39, 0.29) is 5.56 Å². The molecule has 0 aliphatic carbocycles. The Balaban J connectivity index is 3.03. The lowest BCUT2D eigenvalue weighted by molar-refractivity contribution is 0.0503. The maximum atomic E-state index is 13.2. The van der Waals surface area contributed by atoms with Gasteiger partial charge in [0.25, 0.3) is 0 Å². The van der Waals surface area contributed by atoms with E-state index in [1.807, 2.05) is 0 Å². The van der Waals surface area contributed by atoms with Gasteiger partial charge in [-0.05, 0) is 18.6 Å². The average molecular weight is 195 g/mol. The molecule has 1 aromatic carbocycles. The van der Waals surface area contributed by atoms with Crippen molar-refractivity contribution in [2.45, 2.75) is 19.1 Å². The Kier molecular flexibility index (Phi) is 3.18. The van der Waals surface area contributed by atoms with E-state index in [2.05, 4.69) is 0 Å². The van der Waals surface area contributed by atoms with Gasteiger partial charge in [-0.25, -0.2) is 4.39 Å². The summed E-state index contributed by atoms with van der Waals surface area (Å²) in [6, 6.07) is 5.64. The van der Waals surface area contributed by atoms with Crippen LogP contribution in [-0.4, -0.2) is 16.3 Å². The molecule has 74 valence electrons. The SMILES string of the molecule is Cc1ccc(C(O)C(O)C#N)c(F)c1. The maximum absolute atomic E-state index is 13.2. The average Bonchev–Trinajstić information content (AvgIpc) is 2.15. The van der Waals surface area contributed by atoms with Crippen LogP contribution in [0.5, 0.6) is 0 Å². The Morgan fingerprint density at radius 2 is 2.07 bits per heavy atom. The summed E-state index contributed by atoms with van der Waals surface area (Å²) in [6.07, 6.45) is -3.10. The van der Waals surface area contributed by atoms with Crippen molar-refractivity contribution in [1.29, 1.82) is 5.26 Å². The van der Waals surface area contributed by atoms with Gasteiger partial charge in [-0.15, -0.1) is 0 Å². The number of hydrogen-bond acceptors (Lipinski definition) is 3. The lowest BCUT2D eigenvalue weighted by atomic mass is 10.0. The van der Waals surface area contributed by atoms with Gasteiger partial charge in [0.05, 0.1) is 6.07 Å². The normalized spacial score (nSPS) is 14.5. The minimum Gasteiger partial charge on any atom is -0.384 e. The minimum atomic E-state index is -1.60. The van der Waals surface area contributed by atoms with E-state index in [4.69, 9.17) is 10.4 Å². The van der Waals surface area contributed by atoms with E-state index < -0.39 is 18.0 Å². The first-order valence-corrected chi connectivity index (χ1v) is 4.08. The molecule has 2 N–H and O–H groups in total. The second-order valence-corrected chi connectivity index (χ2v) is 3.04. The third kappa shape index (κ3) is 2.08. The lowest BCUT2D eigenvalue weighted by Crippen LogP contribution is -2.17. The molecule has 2 atom stereocenters. The van der Waals surface area contributed by atoms with Crippen LogP contribution in [0.1, 0.15) is 17.2 Å². The van der Waals surface area contributed by atoms with E-state index in [9.17, 15) is 9.50 Å². The molecule has 1 rings (SSSR count). The van der Waals surface area contributed by atoms with E-state index in [1.165, 1.54) is 18.2 Å². The summed E-state index contributed by atoms with van der Waals surface area (Å²) < 4.78 is 13.2. The molecule has 0 aromatic heterocycles. The molecule has 0 saturated carbocycles. The number of aliphatic hydroxyl groups is 2. The highest BCUT2D eigenvalue weighted by Gasteiger charge is 2.20. The van der Waals surface area contributed by atoms with Gasteiger partial charge >= 0.3 is 0 Å². The van der Waals surface area contributed by atoms with Crippen LogP contribution in [0.25, 0.3) is 0 Å². The van der Waals surface area contributed by atoms with Gasteiger partial charge in [-0.2, -0.15) is 5.26 Å². The molecule has 2 unspecified atom stereocenters. The van der Waals surface area contributed by atoms with Gasteiger partial charge in [0.15, 0.2) is 6.10 Å². The zero-order valence-electron chi connectivity index (χ0n) is 7.61. The molecule has 14 heavy (non-hydrogen) atoms. The van der Waals surface area contributed by atoms with Crippen molar-refractivity contribution in [1.82, 2.24) is 0 Å². The summed E-state index contributed by atoms with van der Waals surface area (Å²) in [6.45, 7) is 1.71. The standard InChI is InChI=1S/C10H10FNO2/c1-6-2-3-7(8(11)4-6)10(14)9(13)5-12/h2-4,9-10,13-14H,1H3. The fourth-order valence-corrected chi connectivity index (χ4v) is 1.11. The Bertz CT molecular complexity index is 373. The van der Waals surface area contributed by atoms with Crippen LogP contribution < -0.4 is 0 Å². The van der Waals surface area contributed by atoms with E-state index in [0.717, 1.165) is 0 Å². The van der Waals surface area contributed by atoms with Gasteiger partial charge in [0.1, 0.15) is 11.9 Å². The molecule has 0 amide bonds. The van der Waals surface area contributed by atoms with Gasteiger partial charge in [0.2, 0.25) is 0 Å². The van der Waals surface area contributed by atoms with Crippen LogP contribution in [0, 0.1) is 24.1 Å². The maximum Gasteiger partial charge on any atom is 0.170 e. The molecule has 0 spiro atoms. The van der Waals surface area contributed by atoms with Crippen molar-refractivity contribution >= 4 is 0 Å². The summed E-state index contributed by atoms with van der Waals surface area (Å²) in [5.74, 6) is -0.619. The molecule has 4 heteroatoms. The molecule has 0 fully saturated rings. The summed E-state index contributed by atoms with van der Waals surface area (Å²) >= 11 is 0. The summed E-state index contributed by atoms with van der Waals surface area (Å²) in [5, 5.41) is 26.7. The van der Waals surface area contributed by atoms with Gasteiger partial charge < -0.3 is 10.2 Å². The summed E-state index contributed by atoms with van der Waals surface area (Å²) in [7, 11) is 0. The number of nitrogens with zero attached hydrogens (tertiary/aromatic N) is 1. The second kappa shape index (κ2) is 4.18. The third-order valence-electron chi connectivity index (χ3n) is 1.91. The number of nitriles is 1. The van der Waals surface area contributed by atoms with Crippen molar-refractivity contribution < 1.29 is 14.6 Å². The second-order valence-electron chi connectivity index (χ2n) is 3.04. The van der Waals surface area contributed by atoms with Gasteiger partial charge in [-0.1, -0.05) is 12.1 Å².